The molecule has 0 amide bonds. The molecule has 0 aliphatic rings. The Balaban J connectivity index is 1.16. The summed E-state index contributed by atoms with van der Waals surface area (Å²) in [5.41, 5.74) is 13.9. The van der Waals surface area contributed by atoms with Gasteiger partial charge in [-0.1, -0.05) is 182 Å². The van der Waals surface area contributed by atoms with Crippen LogP contribution in [-0.2, 0) is 0 Å². The van der Waals surface area contributed by atoms with Gasteiger partial charge in [-0.2, -0.15) is 0 Å². The molecule has 0 saturated carbocycles. The summed E-state index contributed by atoms with van der Waals surface area (Å²) in [6, 6.07) is 83.8. The summed E-state index contributed by atoms with van der Waals surface area (Å²) < 4.78 is 2.45. The van der Waals surface area contributed by atoms with Crippen molar-refractivity contribution in [1.82, 2.24) is 4.57 Å². The highest BCUT2D eigenvalue weighted by molar-refractivity contribution is 6.12. The largest absolute Gasteiger partial charge is 0.310 e. The zero-order valence-corrected chi connectivity index (χ0v) is 31.8. The molecule has 0 bridgehead atoms. The third kappa shape index (κ3) is 5.74. The van der Waals surface area contributed by atoms with Gasteiger partial charge in [0, 0.05) is 33.3 Å². The van der Waals surface area contributed by atoms with Crippen LogP contribution < -0.4 is 4.90 Å². The zero-order chi connectivity index (χ0) is 38.4. The minimum Gasteiger partial charge on any atom is -0.310 e. The van der Waals surface area contributed by atoms with Crippen LogP contribution in [0.15, 0.2) is 231 Å². The van der Waals surface area contributed by atoms with Crippen LogP contribution in [0.1, 0.15) is 0 Å². The Morgan fingerprint density at radius 2 is 0.897 bits per heavy atom. The molecule has 0 fully saturated rings. The third-order valence-electron chi connectivity index (χ3n) is 11.6. The van der Waals surface area contributed by atoms with E-state index < -0.39 is 0 Å². The van der Waals surface area contributed by atoms with Gasteiger partial charge in [-0.3, -0.25) is 0 Å². The van der Waals surface area contributed by atoms with Crippen molar-refractivity contribution in [1.29, 1.82) is 0 Å². The van der Waals surface area contributed by atoms with E-state index in [0.717, 1.165) is 28.3 Å². The first-order valence-electron chi connectivity index (χ1n) is 19.9. The van der Waals surface area contributed by atoms with E-state index in [4.69, 9.17) is 0 Å². The second-order valence-electron chi connectivity index (χ2n) is 14.9. The molecule has 10 aromatic carbocycles. The van der Waals surface area contributed by atoms with Gasteiger partial charge < -0.3 is 9.47 Å². The summed E-state index contributed by atoms with van der Waals surface area (Å²) >= 11 is 0. The highest BCUT2D eigenvalue weighted by Crippen LogP contribution is 2.46. The first-order valence-corrected chi connectivity index (χ1v) is 19.9. The average Bonchev–Trinajstić information content (AvgIpc) is 3.63. The maximum absolute atomic E-state index is 2.45. The van der Waals surface area contributed by atoms with Crippen LogP contribution in [0.25, 0.3) is 82.4 Å². The highest BCUT2D eigenvalue weighted by atomic mass is 15.1. The third-order valence-corrected chi connectivity index (χ3v) is 11.6. The first kappa shape index (κ1) is 33.6. The molecule has 0 unspecified atom stereocenters. The van der Waals surface area contributed by atoms with Crippen LogP contribution in [0.4, 0.5) is 17.1 Å². The van der Waals surface area contributed by atoms with Crippen molar-refractivity contribution in [3.05, 3.63) is 231 Å². The van der Waals surface area contributed by atoms with E-state index in [2.05, 4.69) is 240 Å². The minimum absolute atomic E-state index is 1.08. The van der Waals surface area contributed by atoms with Gasteiger partial charge in [0.05, 0.1) is 22.4 Å². The summed E-state index contributed by atoms with van der Waals surface area (Å²) in [6.45, 7) is 0. The predicted octanol–water partition coefficient (Wildman–Crippen LogP) is 15.6. The van der Waals surface area contributed by atoms with Crippen LogP contribution in [-0.4, -0.2) is 4.57 Å². The van der Waals surface area contributed by atoms with E-state index in [0.29, 0.717) is 0 Å². The molecular formula is C56H38N2. The molecule has 0 saturated heterocycles. The number of benzene rings is 10. The lowest BCUT2D eigenvalue weighted by molar-refractivity contribution is 1.18. The molecule has 0 atom stereocenters. The topological polar surface area (TPSA) is 8.17 Å². The number of aromatic nitrogens is 1. The van der Waals surface area contributed by atoms with Crippen LogP contribution in [0.2, 0.25) is 0 Å². The van der Waals surface area contributed by atoms with Crippen molar-refractivity contribution in [2.24, 2.45) is 0 Å². The molecule has 0 aliphatic carbocycles. The van der Waals surface area contributed by atoms with E-state index in [9.17, 15) is 0 Å². The van der Waals surface area contributed by atoms with Crippen LogP contribution >= 0.6 is 0 Å². The van der Waals surface area contributed by atoms with E-state index in [-0.39, 0.29) is 0 Å². The second-order valence-corrected chi connectivity index (χ2v) is 14.9. The molecular weight excluding hydrogens is 701 g/mol. The van der Waals surface area contributed by atoms with Gasteiger partial charge >= 0.3 is 0 Å². The van der Waals surface area contributed by atoms with Crippen molar-refractivity contribution in [3.63, 3.8) is 0 Å². The van der Waals surface area contributed by atoms with Gasteiger partial charge in [-0.05, 0) is 92.3 Å². The molecule has 0 N–H and O–H groups in total. The zero-order valence-electron chi connectivity index (χ0n) is 31.8. The lowest BCUT2D eigenvalue weighted by atomic mass is 9.95. The quantitative estimate of drug-likeness (QED) is 0.158. The Bertz CT molecular complexity index is 3270. The minimum atomic E-state index is 1.08. The van der Waals surface area contributed by atoms with Crippen molar-refractivity contribution in [3.8, 4) is 39.1 Å². The van der Waals surface area contributed by atoms with Crippen molar-refractivity contribution >= 4 is 60.4 Å². The van der Waals surface area contributed by atoms with Crippen LogP contribution in [0.3, 0.4) is 0 Å². The van der Waals surface area contributed by atoms with Gasteiger partial charge in [0.15, 0.2) is 0 Å². The van der Waals surface area contributed by atoms with Gasteiger partial charge in [-0.15, -0.1) is 0 Å². The molecule has 2 nitrogen and oxygen atoms in total. The highest BCUT2D eigenvalue weighted by Gasteiger charge is 2.22. The number of fused-ring (bicyclic) bond motifs is 5. The molecule has 58 heavy (non-hydrogen) atoms. The molecule has 11 rings (SSSR count). The molecule has 1 heterocycles. The van der Waals surface area contributed by atoms with Crippen molar-refractivity contribution in [2.45, 2.75) is 0 Å². The molecule has 272 valence electrons. The molecule has 2 heteroatoms. The fourth-order valence-corrected chi connectivity index (χ4v) is 8.84. The van der Waals surface area contributed by atoms with Gasteiger partial charge in [-0.25, -0.2) is 0 Å². The molecule has 0 spiro atoms. The molecule has 1 aromatic heterocycles. The lowest BCUT2D eigenvalue weighted by Gasteiger charge is -2.29. The molecule has 0 radical (unpaired) electrons. The SMILES string of the molecule is c1ccc(-c2ccccc2-n2c3ccccc3c3ccc(N(c4ccc(-c5ccc6ccccc6c5)cc4)c4ccc5ccccc5c4-c4ccccc4)cc32)cc1. The number of hydrogen-bond acceptors (Lipinski definition) is 1. The molecule has 0 aliphatic heterocycles. The standard InChI is InChI=1S/C56H38N2/c1-3-16-41(17-4-1)48-22-11-13-25-52(48)58-53-26-14-12-24-50(53)51-35-34-47(38-55(51)58)57(46-32-29-40(30-33-46)45-28-27-39-15-7-8-21-44(39)37-45)54-36-31-42-18-9-10-23-49(42)56(54)43-19-5-2-6-20-43/h1-38H. The first-order chi connectivity index (χ1) is 28.8. The normalized spacial score (nSPS) is 11.4. The predicted molar refractivity (Wildman–Crippen MR) is 247 cm³/mol. The summed E-state index contributed by atoms with van der Waals surface area (Å²) in [7, 11) is 0. The van der Waals surface area contributed by atoms with E-state index in [1.807, 2.05) is 0 Å². The summed E-state index contributed by atoms with van der Waals surface area (Å²) in [5, 5.41) is 7.37. The Labute approximate surface area is 338 Å². The Morgan fingerprint density at radius 1 is 0.310 bits per heavy atom. The van der Waals surface area contributed by atoms with Gasteiger partial charge in [0.2, 0.25) is 0 Å². The fourth-order valence-electron chi connectivity index (χ4n) is 8.84. The Hall–Kier alpha value is -7.68. The van der Waals surface area contributed by atoms with Crippen molar-refractivity contribution < 1.29 is 0 Å². The summed E-state index contributed by atoms with van der Waals surface area (Å²) in [4.78, 5) is 2.45. The van der Waals surface area contributed by atoms with E-state index in [1.165, 1.54) is 71.2 Å². The second kappa shape index (κ2) is 14.1. The number of para-hydroxylation sites is 2. The van der Waals surface area contributed by atoms with E-state index in [1.54, 1.807) is 0 Å². The molecule has 11 aromatic rings. The maximum Gasteiger partial charge on any atom is 0.0562 e. The van der Waals surface area contributed by atoms with Crippen LogP contribution in [0.5, 0.6) is 0 Å². The Kier molecular flexibility index (Phi) is 8.19. The monoisotopic (exact) mass is 738 g/mol. The summed E-state index contributed by atoms with van der Waals surface area (Å²) in [5.74, 6) is 0. The lowest BCUT2D eigenvalue weighted by Crippen LogP contribution is -2.11. The average molecular weight is 739 g/mol. The summed E-state index contributed by atoms with van der Waals surface area (Å²) in [6.07, 6.45) is 0. The van der Waals surface area contributed by atoms with E-state index >= 15 is 0 Å². The van der Waals surface area contributed by atoms with Crippen LogP contribution in [0, 0.1) is 0 Å². The number of hydrogen-bond donors (Lipinski definition) is 0. The van der Waals surface area contributed by atoms with Crippen molar-refractivity contribution in [2.75, 3.05) is 4.90 Å². The maximum atomic E-state index is 2.45. The number of nitrogens with zero attached hydrogens (tertiary/aromatic N) is 2. The number of anilines is 3. The van der Waals surface area contributed by atoms with Gasteiger partial charge in [0.1, 0.15) is 0 Å². The Morgan fingerprint density at radius 3 is 1.71 bits per heavy atom. The smallest absolute Gasteiger partial charge is 0.0562 e. The van der Waals surface area contributed by atoms with Gasteiger partial charge in [0.25, 0.3) is 0 Å². The fraction of sp³-hybridized carbons (Fsp3) is 0. The number of rotatable bonds is 7.